The van der Waals surface area contributed by atoms with E-state index in [9.17, 15) is 0 Å². The molecule has 0 spiro atoms. The highest BCUT2D eigenvalue weighted by atomic mass is 16.3. The van der Waals surface area contributed by atoms with Gasteiger partial charge >= 0.3 is 0 Å². The van der Waals surface area contributed by atoms with Crippen LogP contribution >= 0.6 is 0 Å². The van der Waals surface area contributed by atoms with E-state index < -0.39 is 0 Å². The average molecular weight is 525 g/mol. The van der Waals surface area contributed by atoms with Crippen molar-refractivity contribution in [2.24, 2.45) is 0 Å². The van der Waals surface area contributed by atoms with E-state index in [1.807, 2.05) is 42.5 Å². The van der Waals surface area contributed by atoms with Gasteiger partial charge in [-0.25, -0.2) is 4.85 Å². The first-order valence-corrected chi connectivity index (χ1v) is 13.6. The minimum absolute atomic E-state index is 0.498. The molecular formula is C37H20N2O2. The molecule has 0 atom stereocenters. The third kappa shape index (κ3) is 2.92. The van der Waals surface area contributed by atoms with Crippen LogP contribution < -0.4 is 0 Å². The maximum Gasteiger partial charge on any atom is 0.229 e. The molecular weight excluding hydrogens is 504 g/mol. The SMILES string of the molecule is [C-]#[N+]c1ccc(-c2cccc3oc4ccccc4c23)c2c1oc1c(-n3c4ccccc4c4ccccc43)cccc12. The van der Waals surface area contributed by atoms with Crippen molar-refractivity contribution in [2.75, 3.05) is 0 Å². The van der Waals surface area contributed by atoms with Gasteiger partial charge in [0, 0.05) is 32.3 Å². The Morgan fingerprint density at radius 3 is 1.90 bits per heavy atom. The normalized spacial score (nSPS) is 11.9. The molecule has 0 radical (unpaired) electrons. The highest BCUT2D eigenvalue weighted by Gasteiger charge is 2.22. The highest BCUT2D eigenvalue weighted by molar-refractivity contribution is 6.22. The van der Waals surface area contributed by atoms with Gasteiger partial charge in [0.2, 0.25) is 5.69 Å². The van der Waals surface area contributed by atoms with Crippen LogP contribution in [0, 0.1) is 6.57 Å². The predicted molar refractivity (Wildman–Crippen MR) is 167 cm³/mol. The van der Waals surface area contributed by atoms with Crippen molar-refractivity contribution in [3.8, 4) is 16.8 Å². The monoisotopic (exact) mass is 524 g/mol. The summed E-state index contributed by atoms with van der Waals surface area (Å²) in [6.45, 7) is 7.94. The minimum Gasteiger partial charge on any atom is -0.465 e. The van der Waals surface area contributed by atoms with E-state index in [-0.39, 0.29) is 0 Å². The third-order valence-electron chi connectivity index (χ3n) is 8.24. The van der Waals surface area contributed by atoms with E-state index in [1.165, 1.54) is 10.8 Å². The van der Waals surface area contributed by atoms with Crippen LogP contribution in [-0.4, -0.2) is 4.57 Å². The standard InChI is InChI=1S/C37H20N2O2/c1-38-28-21-20-25(24-13-9-19-33-34(24)26-12-4-7-18-32(26)40-33)35-27-14-8-17-31(36(27)41-37(28)35)39-29-15-5-2-10-22(29)23-11-3-6-16-30(23)39/h2-21H. The van der Waals surface area contributed by atoms with Gasteiger partial charge in [0.25, 0.3) is 0 Å². The van der Waals surface area contributed by atoms with Gasteiger partial charge in [0.05, 0.1) is 23.3 Å². The quantitative estimate of drug-likeness (QED) is 0.211. The molecule has 0 fully saturated rings. The topological polar surface area (TPSA) is 35.6 Å². The molecule has 3 aromatic heterocycles. The number of para-hydroxylation sites is 4. The fourth-order valence-electron chi connectivity index (χ4n) is 6.54. The summed E-state index contributed by atoms with van der Waals surface area (Å²) < 4.78 is 15.2. The van der Waals surface area contributed by atoms with Crippen LogP contribution in [-0.2, 0) is 0 Å². The molecule has 9 aromatic rings. The summed E-state index contributed by atoms with van der Waals surface area (Å²) in [5.74, 6) is 0. The van der Waals surface area contributed by atoms with Gasteiger partial charge in [-0.1, -0.05) is 91.0 Å². The fourth-order valence-corrected chi connectivity index (χ4v) is 6.54. The average Bonchev–Trinajstić information content (AvgIpc) is 3.70. The smallest absolute Gasteiger partial charge is 0.229 e. The van der Waals surface area contributed by atoms with E-state index in [0.29, 0.717) is 11.3 Å². The van der Waals surface area contributed by atoms with Crippen molar-refractivity contribution in [1.82, 2.24) is 4.57 Å². The van der Waals surface area contributed by atoms with Crippen molar-refractivity contribution in [1.29, 1.82) is 0 Å². The lowest BCUT2D eigenvalue weighted by Crippen LogP contribution is -1.94. The third-order valence-corrected chi connectivity index (χ3v) is 8.24. The first-order valence-electron chi connectivity index (χ1n) is 13.6. The van der Waals surface area contributed by atoms with Crippen molar-refractivity contribution in [3.63, 3.8) is 0 Å². The van der Waals surface area contributed by atoms with Crippen molar-refractivity contribution in [3.05, 3.63) is 133 Å². The second kappa shape index (κ2) is 8.11. The van der Waals surface area contributed by atoms with Crippen LogP contribution in [0.1, 0.15) is 0 Å². The van der Waals surface area contributed by atoms with Gasteiger partial charge < -0.3 is 13.4 Å². The number of rotatable bonds is 2. The number of benzene rings is 6. The predicted octanol–water partition coefficient (Wildman–Crippen LogP) is 10.8. The molecule has 0 unspecified atom stereocenters. The Labute approximate surface area is 234 Å². The lowest BCUT2D eigenvalue weighted by molar-refractivity contribution is 0.668. The minimum atomic E-state index is 0.498. The zero-order chi connectivity index (χ0) is 27.1. The second-order valence-electron chi connectivity index (χ2n) is 10.4. The maximum atomic E-state index is 7.94. The Kier molecular flexibility index (Phi) is 4.37. The number of furan rings is 2. The Balaban J connectivity index is 1.43. The number of hydrogen-bond acceptors (Lipinski definition) is 2. The fraction of sp³-hybridized carbons (Fsp3) is 0. The van der Waals surface area contributed by atoms with Gasteiger partial charge in [-0.05, 0) is 41.5 Å². The molecule has 6 aromatic carbocycles. The molecule has 0 saturated heterocycles. The summed E-state index contributed by atoms with van der Waals surface area (Å²) in [6.07, 6.45) is 0. The Bertz CT molecular complexity index is 2500. The molecule has 41 heavy (non-hydrogen) atoms. The van der Waals surface area contributed by atoms with E-state index in [2.05, 4.69) is 88.3 Å². The van der Waals surface area contributed by atoms with Crippen molar-refractivity contribution >= 4 is 71.4 Å². The number of aromatic nitrogens is 1. The zero-order valence-electron chi connectivity index (χ0n) is 21.8. The van der Waals surface area contributed by atoms with Gasteiger partial charge in [-0.3, -0.25) is 0 Å². The van der Waals surface area contributed by atoms with E-state index in [4.69, 9.17) is 15.4 Å². The molecule has 4 heteroatoms. The maximum absolute atomic E-state index is 7.94. The van der Waals surface area contributed by atoms with Gasteiger partial charge in [-0.15, -0.1) is 0 Å². The number of hydrogen-bond donors (Lipinski definition) is 0. The summed E-state index contributed by atoms with van der Waals surface area (Å²) in [5.41, 5.74) is 8.80. The van der Waals surface area contributed by atoms with E-state index >= 15 is 0 Å². The zero-order valence-corrected chi connectivity index (χ0v) is 21.8. The number of nitrogens with zero attached hydrogens (tertiary/aromatic N) is 2. The van der Waals surface area contributed by atoms with Gasteiger partial charge in [-0.2, -0.15) is 0 Å². The van der Waals surface area contributed by atoms with Crippen molar-refractivity contribution in [2.45, 2.75) is 0 Å². The van der Waals surface area contributed by atoms with Crippen LogP contribution in [0.25, 0.3) is 87.3 Å². The first-order chi connectivity index (χ1) is 20.3. The molecule has 3 heterocycles. The lowest BCUT2D eigenvalue weighted by atomic mass is 9.95. The Morgan fingerprint density at radius 2 is 1.12 bits per heavy atom. The molecule has 0 aliphatic heterocycles. The summed E-state index contributed by atoms with van der Waals surface area (Å²) in [7, 11) is 0. The molecule has 0 saturated carbocycles. The van der Waals surface area contributed by atoms with Crippen LogP contribution in [0.5, 0.6) is 0 Å². The van der Waals surface area contributed by atoms with Crippen molar-refractivity contribution < 1.29 is 8.83 Å². The molecule has 0 amide bonds. The largest absolute Gasteiger partial charge is 0.465 e. The molecule has 0 aliphatic carbocycles. The summed E-state index contributed by atoms with van der Waals surface area (Å²) >= 11 is 0. The highest BCUT2D eigenvalue weighted by Crippen LogP contribution is 2.46. The van der Waals surface area contributed by atoms with Crippen LogP contribution in [0.15, 0.2) is 130 Å². The molecule has 190 valence electrons. The molecule has 0 N–H and O–H groups in total. The van der Waals surface area contributed by atoms with Crippen LogP contribution in [0.3, 0.4) is 0 Å². The van der Waals surface area contributed by atoms with Gasteiger partial charge in [0.1, 0.15) is 16.7 Å². The van der Waals surface area contributed by atoms with Crippen LogP contribution in [0.4, 0.5) is 5.69 Å². The number of fused-ring (bicyclic) bond motifs is 9. The Morgan fingerprint density at radius 1 is 0.488 bits per heavy atom. The lowest BCUT2D eigenvalue weighted by Gasteiger charge is -2.09. The molecule has 0 bridgehead atoms. The van der Waals surface area contributed by atoms with Gasteiger partial charge in [0.15, 0.2) is 5.58 Å². The first kappa shape index (κ1) is 22.1. The van der Waals surface area contributed by atoms with E-state index in [0.717, 1.165) is 66.1 Å². The Hall–Kier alpha value is -5.79. The van der Waals surface area contributed by atoms with Crippen LogP contribution in [0.2, 0.25) is 0 Å². The molecule has 9 rings (SSSR count). The second-order valence-corrected chi connectivity index (χ2v) is 10.4. The van der Waals surface area contributed by atoms with E-state index in [1.54, 1.807) is 0 Å². The summed E-state index contributed by atoms with van der Waals surface area (Å²) in [4.78, 5) is 3.85. The molecule has 4 nitrogen and oxygen atoms in total. The summed E-state index contributed by atoms with van der Waals surface area (Å²) in [5, 5.41) is 6.43. The summed E-state index contributed by atoms with van der Waals surface area (Å²) in [6, 6.07) is 41.4. The molecule has 0 aliphatic rings.